The van der Waals surface area contributed by atoms with E-state index in [0.29, 0.717) is 18.4 Å². The van der Waals surface area contributed by atoms with Crippen molar-refractivity contribution < 1.29 is 24.1 Å². The van der Waals surface area contributed by atoms with E-state index >= 15 is 0 Å². The highest BCUT2D eigenvalue weighted by molar-refractivity contribution is 5.71. The van der Waals surface area contributed by atoms with Crippen LogP contribution in [-0.4, -0.2) is 68.1 Å². The number of allylic oxidation sites excluding steroid dienone is 1. The molecule has 1 aromatic carbocycles. The number of carbonyl (C=O) groups excluding carboxylic acids is 1. The van der Waals surface area contributed by atoms with E-state index in [1.54, 1.807) is 0 Å². The van der Waals surface area contributed by atoms with Crippen LogP contribution in [0.1, 0.15) is 63.0 Å². The predicted molar refractivity (Wildman–Crippen MR) is 137 cm³/mol. The third kappa shape index (κ3) is 7.55. The van der Waals surface area contributed by atoms with Gasteiger partial charge in [0.2, 0.25) is 0 Å². The molecule has 0 bridgehead atoms. The van der Waals surface area contributed by atoms with E-state index < -0.39 is 0 Å². The Balaban J connectivity index is 1.26. The van der Waals surface area contributed by atoms with Crippen LogP contribution >= 0.6 is 0 Å². The van der Waals surface area contributed by atoms with Gasteiger partial charge < -0.3 is 19.3 Å². The minimum absolute atomic E-state index is 0.0469. The summed E-state index contributed by atoms with van der Waals surface area (Å²) in [7, 11) is 0. The van der Waals surface area contributed by atoms with Crippen LogP contribution in [0.4, 0.5) is 0 Å². The smallest absolute Gasteiger partial charge is 0.344 e. The van der Waals surface area contributed by atoms with E-state index in [1.165, 1.54) is 36.0 Å². The van der Waals surface area contributed by atoms with E-state index in [9.17, 15) is 9.90 Å². The second kappa shape index (κ2) is 13.4. The van der Waals surface area contributed by atoms with Crippen LogP contribution in [0.2, 0.25) is 0 Å². The molecule has 2 aliphatic carbocycles. The molecule has 0 amide bonds. The summed E-state index contributed by atoms with van der Waals surface area (Å²) in [4.78, 5) is 14.5. The first-order chi connectivity index (χ1) is 17.1. The monoisotopic (exact) mass is 485 g/mol. The number of hydrogen-bond acceptors (Lipinski definition) is 6. The van der Waals surface area contributed by atoms with Crippen molar-refractivity contribution in [3.05, 3.63) is 41.0 Å². The molecule has 4 rings (SSSR count). The lowest BCUT2D eigenvalue weighted by molar-refractivity contribution is -0.146. The zero-order chi connectivity index (χ0) is 24.5. The van der Waals surface area contributed by atoms with Crippen LogP contribution in [-0.2, 0) is 27.1 Å². The predicted octanol–water partition coefficient (Wildman–Crippen LogP) is 4.32. The van der Waals surface area contributed by atoms with Crippen molar-refractivity contribution in [2.75, 3.05) is 46.1 Å². The summed E-state index contributed by atoms with van der Waals surface area (Å²) >= 11 is 0. The fraction of sp³-hybridized carbons (Fsp3) is 0.690. The van der Waals surface area contributed by atoms with Crippen LogP contribution in [0.5, 0.6) is 5.75 Å². The van der Waals surface area contributed by atoms with Crippen molar-refractivity contribution in [2.45, 2.75) is 70.8 Å². The molecule has 6 nitrogen and oxygen atoms in total. The number of unbranched alkanes of at least 4 members (excludes halogenated alkanes) is 2. The Morgan fingerprint density at radius 2 is 2.11 bits per heavy atom. The fourth-order valence-corrected chi connectivity index (χ4v) is 5.83. The number of benzene rings is 1. The highest BCUT2D eigenvalue weighted by Crippen LogP contribution is 2.46. The molecule has 1 N–H and O–H groups in total. The average Bonchev–Trinajstić information content (AvgIpc) is 3.27. The quantitative estimate of drug-likeness (QED) is 0.270. The number of nitrogens with zero attached hydrogens (tertiary/aromatic N) is 1. The van der Waals surface area contributed by atoms with E-state index in [-0.39, 0.29) is 18.7 Å². The normalized spacial score (nSPS) is 24.1. The zero-order valence-electron chi connectivity index (χ0n) is 21.4. The molecule has 2 fully saturated rings. The number of morpholine rings is 1. The Morgan fingerprint density at radius 3 is 2.94 bits per heavy atom. The fourth-order valence-electron chi connectivity index (χ4n) is 5.83. The standard InChI is InChI=1S/C29H43NO5/c1-2-3-4-7-25(31)12-11-22-9-10-24-20-27-23(19-26(22)24)6-5-8-28(27)35-21-29(32)34-18-15-30-13-16-33-17-14-30/h5-6,8,11,24-26,31H,2-4,7,9-10,12-21H2,1H3/b22-11+. The number of rotatable bonds is 12. The first kappa shape index (κ1) is 26.2. The summed E-state index contributed by atoms with van der Waals surface area (Å²) < 4.78 is 16.7. The van der Waals surface area contributed by atoms with E-state index in [4.69, 9.17) is 14.2 Å². The molecular formula is C29H43NO5. The second-order valence-electron chi connectivity index (χ2n) is 10.3. The van der Waals surface area contributed by atoms with Crippen molar-refractivity contribution in [2.24, 2.45) is 11.8 Å². The van der Waals surface area contributed by atoms with Gasteiger partial charge in [-0.1, -0.05) is 50.0 Å². The first-order valence-electron chi connectivity index (χ1n) is 13.7. The Morgan fingerprint density at radius 1 is 1.26 bits per heavy atom. The third-order valence-electron chi connectivity index (χ3n) is 7.90. The van der Waals surface area contributed by atoms with Gasteiger partial charge in [0.05, 0.1) is 19.3 Å². The molecule has 1 aliphatic heterocycles. The lowest BCUT2D eigenvalue weighted by atomic mass is 9.76. The molecule has 0 aromatic heterocycles. The summed E-state index contributed by atoms with van der Waals surface area (Å²) in [6.45, 7) is 6.56. The summed E-state index contributed by atoms with van der Waals surface area (Å²) in [5.74, 6) is 1.71. The molecule has 1 saturated heterocycles. The van der Waals surface area contributed by atoms with Crippen molar-refractivity contribution in [1.82, 2.24) is 4.90 Å². The molecule has 1 saturated carbocycles. The Hall–Kier alpha value is -1.89. The Labute approximate surface area is 210 Å². The minimum atomic E-state index is -0.312. The Bertz CT molecular complexity index is 847. The second-order valence-corrected chi connectivity index (χ2v) is 10.3. The number of ether oxygens (including phenoxy) is 3. The third-order valence-corrected chi connectivity index (χ3v) is 7.90. The average molecular weight is 486 g/mol. The highest BCUT2D eigenvalue weighted by atomic mass is 16.6. The van der Waals surface area contributed by atoms with Gasteiger partial charge in [-0.05, 0) is 67.6 Å². The summed E-state index contributed by atoms with van der Waals surface area (Å²) in [5, 5.41) is 10.3. The van der Waals surface area contributed by atoms with Crippen LogP contribution in [0.15, 0.2) is 29.8 Å². The molecule has 1 heterocycles. The summed E-state index contributed by atoms with van der Waals surface area (Å²) in [5.41, 5.74) is 4.13. The van der Waals surface area contributed by atoms with E-state index in [1.807, 2.05) is 12.1 Å². The van der Waals surface area contributed by atoms with Gasteiger partial charge in [0.1, 0.15) is 12.4 Å². The summed E-state index contributed by atoms with van der Waals surface area (Å²) in [6, 6.07) is 6.22. The lowest BCUT2D eigenvalue weighted by Crippen LogP contribution is -2.38. The lowest BCUT2D eigenvalue weighted by Gasteiger charge is -2.30. The zero-order valence-corrected chi connectivity index (χ0v) is 21.4. The number of esters is 1. The number of carbonyl (C=O) groups is 1. The van der Waals surface area contributed by atoms with Gasteiger partial charge in [-0.3, -0.25) is 4.90 Å². The van der Waals surface area contributed by atoms with Crippen molar-refractivity contribution in [3.63, 3.8) is 0 Å². The van der Waals surface area contributed by atoms with E-state index in [2.05, 4.69) is 24.0 Å². The molecular weight excluding hydrogens is 442 g/mol. The topological polar surface area (TPSA) is 68.2 Å². The van der Waals surface area contributed by atoms with Crippen molar-refractivity contribution in [1.29, 1.82) is 0 Å². The first-order valence-corrected chi connectivity index (χ1v) is 13.7. The maximum absolute atomic E-state index is 12.2. The number of fused-ring (bicyclic) bond motifs is 2. The van der Waals surface area contributed by atoms with Crippen LogP contribution in [0, 0.1) is 11.8 Å². The molecule has 0 spiro atoms. The van der Waals surface area contributed by atoms with E-state index in [0.717, 1.165) is 77.1 Å². The molecule has 1 aromatic rings. The molecule has 35 heavy (non-hydrogen) atoms. The van der Waals surface area contributed by atoms with Gasteiger partial charge >= 0.3 is 5.97 Å². The van der Waals surface area contributed by atoms with Crippen LogP contribution in [0.3, 0.4) is 0 Å². The highest BCUT2D eigenvalue weighted by Gasteiger charge is 2.36. The number of hydrogen-bond donors (Lipinski definition) is 1. The summed E-state index contributed by atoms with van der Waals surface area (Å²) in [6.07, 6.45) is 11.7. The van der Waals surface area contributed by atoms with Gasteiger partial charge in [0.25, 0.3) is 0 Å². The molecule has 6 heteroatoms. The molecule has 0 radical (unpaired) electrons. The molecule has 3 aliphatic rings. The largest absolute Gasteiger partial charge is 0.482 e. The molecule has 194 valence electrons. The maximum Gasteiger partial charge on any atom is 0.344 e. The van der Waals surface area contributed by atoms with Crippen molar-refractivity contribution >= 4 is 5.97 Å². The SMILES string of the molecule is CCCCCC(O)C/C=C1\CCC2Cc3c(cccc3OCC(=O)OCCN3CCOCC3)CC12. The molecule has 3 atom stereocenters. The van der Waals surface area contributed by atoms with Gasteiger partial charge in [0.15, 0.2) is 6.61 Å². The minimum Gasteiger partial charge on any atom is -0.482 e. The van der Waals surface area contributed by atoms with Crippen molar-refractivity contribution in [3.8, 4) is 5.75 Å². The number of aliphatic hydroxyl groups is 1. The van der Waals surface area contributed by atoms with Gasteiger partial charge in [-0.25, -0.2) is 4.79 Å². The van der Waals surface area contributed by atoms with Gasteiger partial charge in [0, 0.05) is 19.6 Å². The van der Waals surface area contributed by atoms with Gasteiger partial charge in [-0.15, -0.1) is 0 Å². The Kier molecular flexibility index (Phi) is 10.0. The van der Waals surface area contributed by atoms with Crippen LogP contribution in [0.25, 0.3) is 0 Å². The number of aliphatic hydroxyl groups excluding tert-OH is 1. The molecule has 3 unspecified atom stereocenters. The maximum atomic E-state index is 12.2. The van der Waals surface area contributed by atoms with Crippen LogP contribution < -0.4 is 4.74 Å². The van der Waals surface area contributed by atoms with Gasteiger partial charge in [-0.2, -0.15) is 0 Å².